The van der Waals surface area contributed by atoms with Gasteiger partial charge in [-0.05, 0) is 18.2 Å². The van der Waals surface area contributed by atoms with Crippen LogP contribution >= 0.6 is 0 Å². The minimum atomic E-state index is -3.86. The van der Waals surface area contributed by atoms with Gasteiger partial charge in [0.25, 0.3) is 10.0 Å². The third kappa shape index (κ3) is 2.53. The number of hydrogen-bond acceptors (Lipinski definition) is 4. The average Bonchev–Trinajstić information content (AvgIpc) is 2.68. The fraction of sp³-hybridized carbons (Fsp3) is 0. The van der Waals surface area contributed by atoms with E-state index in [1.807, 2.05) is 0 Å². The second-order valence-corrected chi connectivity index (χ2v) is 5.00. The van der Waals surface area contributed by atoms with Crippen LogP contribution in [0.15, 0.2) is 35.5 Å². The summed E-state index contributed by atoms with van der Waals surface area (Å²) in [5.74, 6) is -0.711. The number of anilines is 2. The topological polar surface area (TPSA) is 101 Å². The van der Waals surface area contributed by atoms with Crippen LogP contribution in [-0.2, 0) is 10.0 Å². The first kappa shape index (κ1) is 11.4. The second-order valence-electron chi connectivity index (χ2n) is 3.31. The van der Waals surface area contributed by atoms with Gasteiger partial charge in [-0.25, -0.2) is 12.8 Å². The number of hydrogen-bond donors (Lipinski definition) is 3. The summed E-state index contributed by atoms with van der Waals surface area (Å²) in [5, 5.41) is 6.04. The average molecular weight is 256 g/mol. The summed E-state index contributed by atoms with van der Waals surface area (Å²) >= 11 is 0. The van der Waals surface area contributed by atoms with Gasteiger partial charge in [0.1, 0.15) is 5.82 Å². The molecule has 0 saturated heterocycles. The van der Waals surface area contributed by atoms with Crippen molar-refractivity contribution in [1.29, 1.82) is 0 Å². The van der Waals surface area contributed by atoms with Gasteiger partial charge >= 0.3 is 0 Å². The Hall–Kier alpha value is -2.09. The van der Waals surface area contributed by atoms with E-state index in [0.29, 0.717) is 0 Å². The number of nitrogens with two attached hydrogens (primary N) is 1. The predicted octanol–water partition coefficient (Wildman–Crippen LogP) is 0.932. The minimum Gasteiger partial charge on any atom is -0.399 e. The number of halogens is 1. The monoisotopic (exact) mass is 256 g/mol. The molecule has 0 aliphatic rings. The first-order valence-electron chi connectivity index (χ1n) is 4.55. The molecule has 2 rings (SSSR count). The number of nitrogen functional groups attached to an aromatic ring is 1. The highest BCUT2D eigenvalue weighted by molar-refractivity contribution is 7.92. The smallest absolute Gasteiger partial charge is 0.262 e. The number of sulfonamides is 1. The van der Waals surface area contributed by atoms with Gasteiger partial charge in [0, 0.05) is 11.9 Å². The van der Waals surface area contributed by atoms with Crippen LogP contribution in [0.2, 0.25) is 0 Å². The maximum atomic E-state index is 13.0. The van der Waals surface area contributed by atoms with E-state index in [1.54, 1.807) is 0 Å². The number of rotatable bonds is 3. The van der Waals surface area contributed by atoms with E-state index in [4.69, 9.17) is 5.73 Å². The van der Waals surface area contributed by atoms with Crippen molar-refractivity contribution in [1.82, 2.24) is 10.2 Å². The molecular formula is C9H9FN4O2S. The zero-order chi connectivity index (χ0) is 12.5. The summed E-state index contributed by atoms with van der Waals surface area (Å²) in [4.78, 5) is -0.240. The first-order chi connectivity index (χ1) is 7.97. The van der Waals surface area contributed by atoms with E-state index < -0.39 is 15.8 Å². The van der Waals surface area contributed by atoms with Gasteiger partial charge < -0.3 is 5.73 Å². The molecule has 0 spiro atoms. The second kappa shape index (κ2) is 4.06. The van der Waals surface area contributed by atoms with Crippen LogP contribution in [0.4, 0.5) is 15.8 Å². The molecule has 6 nitrogen and oxygen atoms in total. The lowest BCUT2D eigenvalue weighted by molar-refractivity contribution is 0.595. The Kier molecular flexibility index (Phi) is 2.72. The number of aromatic nitrogens is 2. The highest BCUT2D eigenvalue weighted by atomic mass is 32.2. The quantitative estimate of drug-likeness (QED) is 0.711. The fourth-order valence-corrected chi connectivity index (χ4v) is 2.36. The molecule has 0 amide bonds. The molecule has 0 atom stereocenters. The zero-order valence-electron chi connectivity index (χ0n) is 8.51. The van der Waals surface area contributed by atoms with Crippen LogP contribution < -0.4 is 10.5 Å². The highest BCUT2D eigenvalue weighted by Crippen LogP contribution is 2.18. The van der Waals surface area contributed by atoms with Crippen LogP contribution in [-0.4, -0.2) is 18.6 Å². The molecule has 0 aliphatic heterocycles. The van der Waals surface area contributed by atoms with Crippen molar-refractivity contribution in [2.24, 2.45) is 0 Å². The summed E-state index contributed by atoms with van der Waals surface area (Å²) in [6.07, 6.45) is 2.65. The largest absolute Gasteiger partial charge is 0.399 e. The Morgan fingerprint density at radius 2 is 2.12 bits per heavy atom. The van der Waals surface area contributed by atoms with Crippen LogP contribution in [0.25, 0.3) is 0 Å². The van der Waals surface area contributed by atoms with Crippen molar-refractivity contribution in [3.8, 4) is 0 Å². The molecule has 0 bridgehead atoms. The van der Waals surface area contributed by atoms with Gasteiger partial charge in [0.15, 0.2) is 0 Å². The van der Waals surface area contributed by atoms with E-state index >= 15 is 0 Å². The molecular weight excluding hydrogens is 247 g/mol. The molecule has 2 aromatic rings. The molecule has 0 radical (unpaired) electrons. The van der Waals surface area contributed by atoms with Crippen molar-refractivity contribution < 1.29 is 12.8 Å². The van der Waals surface area contributed by atoms with Gasteiger partial charge in [0.05, 0.1) is 16.8 Å². The van der Waals surface area contributed by atoms with E-state index in [0.717, 1.165) is 12.1 Å². The van der Waals surface area contributed by atoms with E-state index in [2.05, 4.69) is 14.9 Å². The third-order valence-electron chi connectivity index (χ3n) is 1.95. The summed E-state index contributed by atoms with van der Waals surface area (Å²) in [6, 6.07) is 3.10. The molecule has 0 saturated carbocycles. The molecule has 1 aromatic carbocycles. The van der Waals surface area contributed by atoms with Gasteiger partial charge in [-0.1, -0.05) is 0 Å². The minimum absolute atomic E-state index is 0.0394. The summed E-state index contributed by atoms with van der Waals surface area (Å²) in [5.41, 5.74) is 5.68. The first-order valence-corrected chi connectivity index (χ1v) is 6.03. The molecule has 0 aliphatic carbocycles. The standard InChI is InChI=1S/C9H9FN4O2S/c10-6-1-7(11)3-9(2-6)17(15,16)14-8-4-12-13-5-8/h1-5,14H,11H2,(H,12,13). The fourth-order valence-electron chi connectivity index (χ4n) is 1.26. The van der Waals surface area contributed by atoms with Crippen molar-refractivity contribution >= 4 is 21.4 Å². The Balaban J connectivity index is 2.38. The van der Waals surface area contributed by atoms with Crippen molar-refractivity contribution in [3.05, 3.63) is 36.4 Å². The lowest BCUT2D eigenvalue weighted by Crippen LogP contribution is -2.13. The lowest BCUT2D eigenvalue weighted by Gasteiger charge is -2.06. The third-order valence-corrected chi connectivity index (χ3v) is 3.32. The van der Waals surface area contributed by atoms with Crippen molar-refractivity contribution in [2.75, 3.05) is 10.5 Å². The summed E-state index contributed by atoms with van der Waals surface area (Å²) in [6.45, 7) is 0. The molecule has 1 aromatic heterocycles. The normalized spacial score (nSPS) is 11.4. The van der Waals surface area contributed by atoms with Crippen molar-refractivity contribution in [3.63, 3.8) is 0 Å². The van der Waals surface area contributed by atoms with Crippen LogP contribution in [0.1, 0.15) is 0 Å². The van der Waals surface area contributed by atoms with E-state index in [9.17, 15) is 12.8 Å². The zero-order valence-corrected chi connectivity index (χ0v) is 9.33. The lowest BCUT2D eigenvalue weighted by atomic mass is 10.3. The van der Waals surface area contributed by atoms with Crippen molar-refractivity contribution in [2.45, 2.75) is 4.90 Å². The number of H-pyrrole nitrogens is 1. The van der Waals surface area contributed by atoms with Crippen LogP contribution in [0.3, 0.4) is 0 Å². The molecule has 4 N–H and O–H groups in total. The number of nitrogens with one attached hydrogen (secondary N) is 2. The van der Waals surface area contributed by atoms with Crippen LogP contribution in [0, 0.1) is 5.82 Å². The Labute approximate surface area is 96.7 Å². The Morgan fingerprint density at radius 1 is 1.35 bits per heavy atom. The SMILES string of the molecule is Nc1cc(F)cc(S(=O)(=O)Nc2cn[nH]c2)c1. The summed E-state index contributed by atoms with van der Waals surface area (Å²) in [7, 11) is -3.86. The van der Waals surface area contributed by atoms with E-state index in [1.165, 1.54) is 18.5 Å². The number of nitrogens with zero attached hydrogens (tertiary/aromatic N) is 1. The molecule has 0 fully saturated rings. The Morgan fingerprint density at radius 3 is 2.71 bits per heavy atom. The molecule has 17 heavy (non-hydrogen) atoms. The predicted molar refractivity (Wildman–Crippen MR) is 60.2 cm³/mol. The maximum absolute atomic E-state index is 13.0. The molecule has 1 heterocycles. The molecule has 0 unspecified atom stereocenters. The number of aromatic amines is 1. The van der Waals surface area contributed by atoms with Gasteiger partial charge in [-0.3, -0.25) is 9.82 Å². The Bertz CT molecular complexity index is 604. The summed E-state index contributed by atoms with van der Waals surface area (Å²) < 4.78 is 38.9. The van der Waals surface area contributed by atoms with Gasteiger partial charge in [0.2, 0.25) is 0 Å². The van der Waals surface area contributed by atoms with E-state index in [-0.39, 0.29) is 16.3 Å². The highest BCUT2D eigenvalue weighted by Gasteiger charge is 2.16. The van der Waals surface area contributed by atoms with Gasteiger partial charge in [-0.2, -0.15) is 5.10 Å². The molecule has 8 heteroatoms. The van der Waals surface area contributed by atoms with Gasteiger partial charge in [-0.15, -0.1) is 0 Å². The maximum Gasteiger partial charge on any atom is 0.262 e. The molecule has 90 valence electrons. The number of benzene rings is 1. The van der Waals surface area contributed by atoms with Crippen LogP contribution in [0.5, 0.6) is 0 Å².